The van der Waals surface area contributed by atoms with Gasteiger partial charge in [0.15, 0.2) is 0 Å². The fourth-order valence-electron chi connectivity index (χ4n) is 10.7. The van der Waals surface area contributed by atoms with E-state index in [9.17, 15) is 24.0 Å². The van der Waals surface area contributed by atoms with E-state index < -0.39 is 35.4 Å². The lowest BCUT2D eigenvalue weighted by molar-refractivity contribution is -0.155. The molecule has 5 amide bonds. The molecule has 7 heterocycles. The zero-order chi connectivity index (χ0) is 49.5. The van der Waals surface area contributed by atoms with Crippen LogP contribution in [0.4, 0.5) is 4.79 Å². The number of amides is 5. The van der Waals surface area contributed by atoms with Crippen molar-refractivity contribution in [3.8, 4) is 22.5 Å². The first-order valence-electron chi connectivity index (χ1n) is 24.1. The van der Waals surface area contributed by atoms with Crippen molar-refractivity contribution in [2.75, 3.05) is 51.4 Å². The van der Waals surface area contributed by atoms with Gasteiger partial charge in [-0.3, -0.25) is 29.2 Å². The number of likely N-dealkylation sites (N-methyl/N-ethyl adjacent to an activating group) is 1. The fraction of sp³-hybridized carbons (Fsp3) is 0.549. The second-order valence-corrected chi connectivity index (χ2v) is 21.9. The van der Waals surface area contributed by atoms with Gasteiger partial charge < -0.3 is 34.1 Å². The van der Waals surface area contributed by atoms with Crippen molar-refractivity contribution in [2.24, 2.45) is 23.2 Å². The maximum Gasteiger partial charge on any atom is 0.324 e. The summed E-state index contributed by atoms with van der Waals surface area (Å²) in [5.41, 5.74) is 9.48. The standard InChI is InChI=1S/C51H66IN9O7S/c1-10-43(62)58-24-32-25-60(41(32)26-58)50(66)57(8)45(29(3)4)47(63)55-38(23-52)35-21-42-54-39(27-69-42)31-16-17-40-34(20-31)36(46(59(40)11-2)33-14-12-18-53-44(33)30(5)67-9)22-51(6,7)28-68-49(65)37-15-13-19-61(56-37)48(35)64/h10,12,14,16-18,20,27,29-30,32,35,37-38,41,45,56H,1,11,13,15,19,21-26,28H2,2-9H3,(H,55,63)/t30-,32+,35+,37-,38?,41+,45-/m0/s1. The number of fused-ring (bicyclic) bond motifs is 7. The molecule has 1 aromatic carbocycles. The molecular weight excluding hydrogens is 1010 g/mol. The zero-order valence-corrected chi connectivity index (χ0v) is 44.0. The Morgan fingerprint density at radius 2 is 1.94 bits per heavy atom. The minimum atomic E-state index is -0.845. The highest BCUT2D eigenvalue weighted by Crippen LogP contribution is 2.42. The van der Waals surface area contributed by atoms with Gasteiger partial charge in [0.25, 0.3) is 0 Å². The molecule has 0 radical (unpaired) electrons. The maximum atomic E-state index is 15.0. The SMILES string of the molecule is C=CC(=O)N1C[C@@H]2CN(C(=O)N(C)[C@H](C(=O)NC(CI)[C@H]3Cc4nc(cs4)-c4ccc5c(c4)c(c(-c4cccnc4[C@H](C)OC)n5CC)CC(C)(C)COC(=O)[C@@H]4CCCN(N4)C3=O)C(C)C)[C@@H]2C1. The Morgan fingerprint density at radius 1 is 1.16 bits per heavy atom. The van der Waals surface area contributed by atoms with Crippen LogP contribution in [-0.2, 0) is 48.0 Å². The highest BCUT2D eigenvalue weighted by molar-refractivity contribution is 14.1. The number of halogens is 1. The first-order valence-corrected chi connectivity index (χ1v) is 26.5. The summed E-state index contributed by atoms with van der Waals surface area (Å²) in [5.74, 6) is -2.07. The first kappa shape index (κ1) is 50.5. The Kier molecular flexibility index (Phi) is 15.2. The number of hydrogen-bond donors (Lipinski definition) is 2. The van der Waals surface area contributed by atoms with Crippen molar-refractivity contribution in [2.45, 2.75) is 104 Å². The Balaban J connectivity index is 1.14. The monoisotopic (exact) mass is 1080 g/mol. The summed E-state index contributed by atoms with van der Waals surface area (Å²) in [6, 6.07) is 7.85. The van der Waals surface area contributed by atoms with Crippen molar-refractivity contribution in [3.63, 3.8) is 0 Å². The Bertz CT molecular complexity index is 2610. The third-order valence-electron chi connectivity index (χ3n) is 14.4. The Labute approximate surface area is 422 Å². The van der Waals surface area contributed by atoms with Crippen LogP contribution in [0, 0.1) is 23.2 Å². The topological polar surface area (TPSA) is 172 Å². The molecular formula is C51H66IN9O7S. The summed E-state index contributed by atoms with van der Waals surface area (Å²) >= 11 is 3.68. The number of pyridine rings is 1. The number of aryl methyl sites for hydroxylation is 1. The zero-order valence-electron chi connectivity index (χ0n) is 41.0. The smallest absolute Gasteiger partial charge is 0.324 e. The summed E-state index contributed by atoms with van der Waals surface area (Å²) in [6.45, 7) is 18.5. The van der Waals surface area contributed by atoms with Crippen molar-refractivity contribution in [1.82, 2.24) is 45.0 Å². The van der Waals surface area contributed by atoms with Crippen LogP contribution in [0.5, 0.6) is 0 Å². The summed E-state index contributed by atoms with van der Waals surface area (Å²) in [7, 11) is 3.34. The number of rotatable bonds is 11. The average molecular weight is 1080 g/mol. The van der Waals surface area contributed by atoms with E-state index >= 15 is 0 Å². The Hall–Kier alpha value is -4.92. The molecule has 0 saturated carbocycles. The van der Waals surface area contributed by atoms with Gasteiger partial charge in [0, 0.05) is 109 Å². The van der Waals surface area contributed by atoms with Crippen molar-refractivity contribution >= 4 is 74.6 Å². The average Bonchev–Trinajstić information content (AvgIpc) is 4.04. The fourth-order valence-corrected chi connectivity index (χ4v) is 12.4. The molecule has 1 unspecified atom stereocenters. The van der Waals surface area contributed by atoms with Gasteiger partial charge in [0.05, 0.1) is 46.8 Å². The number of hydrazine groups is 1. The first-order chi connectivity index (χ1) is 33.0. The van der Waals surface area contributed by atoms with Crippen LogP contribution >= 0.6 is 33.9 Å². The number of cyclic esters (lactones) is 1. The molecule has 3 fully saturated rings. The number of esters is 1. The van der Waals surface area contributed by atoms with E-state index in [1.807, 2.05) is 32.2 Å². The highest BCUT2D eigenvalue weighted by Gasteiger charge is 2.50. The summed E-state index contributed by atoms with van der Waals surface area (Å²) in [4.78, 5) is 84.9. The largest absolute Gasteiger partial charge is 0.464 e. The van der Waals surface area contributed by atoms with Crippen LogP contribution in [0.1, 0.15) is 76.8 Å². The van der Waals surface area contributed by atoms with E-state index in [4.69, 9.17) is 19.4 Å². The number of ether oxygens (including phenoxy) is 2. The molecule has 18 heteroatoms. The number of carbonyl (C=O) groups is 5. The molecule has 0 spiro atoms. The van der Waals surface area contributed by atoms with E-state index in [-0.39, 0.29) is 60.8 Å². The molecule has 3 saturated heterocycles. The number of benzene rings is 1. The lowest BCUT2D eigenvalue weighted by atomic mass is 9.84. The van der Waals surface area contributed by atoms with Gasteiger partial charge in [-0.15, -0.1) is 11.3 Å². The van der Waals surface area contributed by atoms with Gasteiger partial charge in [0.2, 0.25) is 17.7 Å². The number of urea groups is 1. The van der Waals surface area contributed by atoms with Gasteiger partial charge in [-0.1, -0.05) is 62.9 Å². The highest BCUT2D eigenvalue weighted by atomic mass is 127. The van der Waals surface area contributed by atoms with Crippen LogP contribution in [0.25, 0.3) is 33.4 Å². The molecule has 69 heavy (non-hydrogen) atoms. The third kappa shape index (κ3) is 10.0. The summed E-state index contributed by atoms with van der Waals surface area (Å²) < 4.78 is 14.7. The summed E-state index contributed by atoms with van der Waals surface area (Å²) in [5, 5.41) is 8.57. The predicted molar refractivity (Wildman–Crippen MR) is 274 cm³/mol. The van der Waals surface area contributed by atoms with Crippen molar-refractivity contribution < 1.29 is 33.4 Å². The van der Waals surface area contributed by atoms with E-state index in [0.717, 1.165) is 49.7 Å². The maximum absolute atomic E-state index is 15.0. The normalized spacial score (nSPS) is 22.8. The van der Waals surface area contributed by atoms with E-state index in [0.29, 0.717) is 56.4 Å². The predicted octanol–water partition coefficient (Wildman–Crippen LogP) is 6.66. The molecule has 8 rings (SSSR count). The van der Waals surface area contributed by atoms with E-state index in [2.05, 4.69) is 89.5 Å². The molecule has 4 aromatic rings. The van der Waals surface area contributed by atoms with Crippen LogP contribution < -0.4 is 10.7 Å². The van der Waals surface area contributed by atoms with Gasteiger partial charge >= 0.3 is 12.0 Å². The van der Waals surface area contributed by atoms with Gasteiger partial charge in [-0.2, -0.15) is 0 Å². The van der Waals surface area contributed by atoms with E-state index in [1.165, 1.54) is 27.3 Å². The number of likely N-dealkylation sites (tertiary alicyclic amines) is 2. The molecule has 0 aliphatic carbocycles. The minimum Gasteiger partial charge on any atom is -0.464 e. The van der Waals surface area contributed by atoms with E-state index in [1.54, 1.807) is 30.2 Å². The second-order valence-electron chi connectivity index (χ2n) is 20.1. The number of alkyl halides is 1. The number of thiazole rings is 1. The lowest BCUT2D eigenvalue weighted by Gasteiger charge is -2.46. The molecule has 4 aliphatic rings. The number of nitrogens with zero attached hydrogens (tertiary/aromatic N) is 7. The van der Waals surface area contributed by atoms with Crippen LogP contribution in [-0.4, -0.2) is 140 Å². The number of carbonyl (C=O) groups excluding carboxylic acids is 5. The summed E-state index contributed by atoms with van der Waals surface area (Å²) in [6.07, 6.45) is 4.72. The number of methoxy groups -OCH3 is 1. The minimum absolute atomic E-state index is 0.122. The number of aromatic nitrogens is 3. The number of nitrogens with one attached hydrogen (secondary N) is 2. The third-order valence-corrected chi connectivity index (χ3v) is 16.3. The molecule has 16 nitrogen and oxygen atoms in total. The van der Waals surface area contributed by atoms with Crippen LogP contribution in [0.2, 0.25) is 0 Å². The van der Waals surface area contributed by atoms with Gasteiger partial charge in [-0.25, -0.2) is 15.2 Å². The second kappa shape index (κ2) is 20.8. The molecule has 7 atom stereocenters. The molecule has 3 aromatic heterocycles. The van der Waals surface area contributed by atoms with Crippen LogP contribution in [0.3, 0.4) is 0 Å². The molecule has 6 bridgehead atoms. The molecule has 2 N–H and O–H groups in total. The van der Waals surface area contributed by atoms with Crippen molar-refractivity contribution in [3.05, 3.63) is 70.8 Å². The number of hydrogen-bond acceptors (Lipinski definition) is 11. The van der Waals surface area contributed by atoms with Gasteiger partial charge in [-0.05, 0) is 74.9 Å². The van der Waals surface area contributed by atoms with Crippen molar-refractivity contribution in [1.29, 1.82) is 0 Å². The molecule has 4 aliphatic heterocycles. The molecule has 370 valence electrons. The van der Waals surface area contributed by atoms with Gasteiger partial charge in [0.1, 0.15) is 12.1 Å². The lowest BCUT2D eigenvalue weighted by Crippen LogP contribution is -2.64. The quantitative estimate of drug-likeness (QED) is 0.0717. The van der Waals surface area contributed by atoms with Crippen LogP contribution in [0.15, 0.2) is 54.6 Å². The Morgan fingerprint density at radius 3 is 2.65 bits per heavy atom.